The Balaban J connectivity index is 1.62. The van der Waals surface area contributed by atoms with Gasteiger partial charge in [-0.25, -0.2) is 0 Å². The van der Waals surface area contributed by atoms with Gasteiger partial charge in [-0.15, -0.1) is 0 Å². The molecule has 1 aliphatic carbocycles. The van der Waals surface area contributed by atoms with Crippen molar-refractivity contribution in [3.63, 3.8) is 0 Å². The summed E-state index contributed by atoms with van der Waals surface area (Å²) in [5.74, 6) is -0.0231. The number of nitrogens with one attached hydrogen (secondary N) is 2. The van der Waals surface area contributed by atoms with Crippen LogP contribution < -0.4 is 21.3 Å². The first-order chi connectivity index (χ1) is 18.2. The molecular weight excluding hydrogens is 472 g/mol. The minimum atomic E-state index is -0.0231. The average Bonchev–Trinajstić information content (AvgIpc) is 2.87. The summed E-state index contributed by atoms with van der Waals surface area (Å²) in [6, 6.07) is 5.25. The molecule has 1 saturated carbocycles. The van der Waals surface area contributed by atoms with E-state index in [0.717, 1.165) is 98.6 Å². The van der Waals surface area contributed by atoms with Gasteiger partial charge >= 0.3 is 0 Å². The SMILES string of the molecule is C=C1NC(C)=CC(C)=C1CNC(=O)c1cc(CN2CCN(C)CC2)cc(N(CC)C2CCC(N)CC2)c1C. The van der Waals surface area contributed by atoms with Gasteiger partial charge in [-0.05, 0) is 101 Å². The number of hydrogen-bond donors (Lipinski definition) is 3. The van der Waals surface area contributed by atoms with E-state index in [1.54, 1.807) is 0 Å². The monoisotopic (exact) mass is 520 g/mol. The Morgan fingerprint density at radius 1 is 1.13 bits per heavy atom. The molecule has 1 aromatic carbocycles. The summed E-state index contributed by atoms with van der Waals surface area (Å²) in [5, 5.41) is 6.51. The molecule has 2 fully saturated rings. The zero-order valence-electron chi connectivity index (χ0n) is 24.2. The molecule has 0 unspecified atom stereocenters. The number of anilines is 1. The second-order valence-electron chi connectivity index (χ2n) is 11.5. The Labute approximate surface area is 229 Å². The van der Waals surface area contributed by atoms with Crippen molar-refractivity contribution in [3.05, 3.63) is 64.0 Å². The van der Waals surface area contributed by atoms with Gasteiger partial charge < -0.3 is 26.2 Å². The van der Waals surface area contributed by atoms with E-state index in [2.05, 4.69) is 77.9 Å². The van der Waals surface area contributed by atoms with Crippen molar-refractivity contribution in [1.82, 2.24) is 20.4 Å². The number of nitrogens with two attached hydrogens (primary N) is 1. The van der Waals surface area contributed by atoms with E-state index < -0.39 is 0 Å². The standard InChI is InChI=1S/C31H48N6O/c1-7-37(27-10-8-26(32)9-11-27)30-18-25(20-36-14-12-35(6)13-15-36)17-28(23(30)4)31(38)33-19-29-21(2)16-22(3)34-24(29)5/h16-18,26-27,34H,5,7-15,19-20,32H2,1-4,6H3,(H,33,38). The van der Waals surface area contributed by atoms with Gasteiger partial charge in [0, 0.05) is 80.5 Å². The molecule has 7 nitrogen and oxygen atoms in total. The normalized spacial score (nSPS) is 23.2. The Hall–Kier alpha value is -2.61. The molecule has 38 heavy (non-hydrogen) atoms. The van der Waals surface area contributed by atoms with Crippen LogP contribution in [0.2, 0.25) is 0 Å². The highest BCUT2D eigenvalue weighted by Gasteiger charge is 2.27. The van der Waals surface area contributed by atoms with Crippen LogP contribution in [0.1, 0.15) is 67.9 Å². The topological polar surface area (TPSA) is 76.9 Å². The fourth-order valence-corrected chi connectivity index (χ4v) is 6.19. The molecule has 2 heterocycles. The molecule has 0 spiro atoms. The lowest BCUT2D eigenvalue weighted by Crippen LogP contribution is -2.44. The Kier molecular flexibility index (Phi) is 9.34. The molecule has 4 N–H and O–H groups in total. The lowest BCUT2D eigenvalue weighted by molar-refractivity contribution is 0.0956. The van der Waals surface area contributed by atoms with Crippen LogP contribution in [0.15, 0.2) is 47.3 Å². The minimum absolute atomic E-state index is 0.0231. The van der Waals surface area contributed by atoms with Crippen molar-refractivity contribution in [3.8, 4) is 0 Å². The highest BCUT2D eigenvalue weighted by atomic mass is 16.1. The van der Waals surface area contributed by atoms with E-state index >= 15 is 0 Å². The van der Waals surface area contributed by atoms with E-state index in [0.29, 0.717) is 18.6 Å². The first-order valence-corrected chi connectivity index (χ1v) is 14.4. The first-order valence-electron chi connectivity index (χ1n) is 14.4. The lowest BCUT2D eigenvalue weighted by atomic mass is 9.89. The largest absolute Gasteiger partial charge is 0.369 e. The molecule has 2 aliphatic heterocycles. The molecular formula is C31H48N6O. The third-order valence-electron chi connectivity index (χ3n) is 8.57. The molecule has 0 aromatic heterocycles. The lowest BCUT2D eigenvalue weighted by Gasteiger charge is -2.38. The maximum atomic E-state index is 13.7. The molecule has 3 aliphatic rings. The Morgan fingerprint density at radius 2 is 1.82 bits per heavy atom. The molecule has 0 radical (unpaired) electrons. The van der Waals surface area contributed by atoms with E-state index in [1.807, 2.05) is 6.92 Å². The van der Waals surface area contributed by atoms with Gasteiger partial charge in [0.25, 0.3) is 5.91 Å². The fraction of sp³-hybridized carbons (Fsp3) is 0.581. The van der Waals surface area contributed by atoms with Crippen LogP contribution in [0.3, 0.4) is 0 Å². The number of dihydropyridines is 1. The first kappa shape index (κ1) is 28.4. The third kappa shape index (κ3) is 6.68. The molecule has 7 heteroatoms. The number of amides is 1. The van der Waals surface area contributed by atoms with Crippen LogP contribution in [-0.4, -0.2) is 74.1 Å². The summed E-state index contributed by atoms with van der Waals surface area (Å²) in [6.45, 7) is 19.1. The predicted octanol–water partition coefficient (Wildman–Crippen LogP) is 3.91. The van der Waals surface area contributed by atoms with E-state index in [1.165, 1.54) is 11.3 Å². The fourth-order valence-electron chi connectivity index (χ4n) is 6.19. The van der Waals surface area contributed by atoms with Gasteiger partial charge in [-0.2, -0.15) is 0 Å². The van der Waals surface area contributed by atoms with Crippen LogP contribution in [0.4, 0.5) is 5.69 Å². The number of allylic oxidation sites excluding steroid dienone is 3. The molecule has 208 valence electrons. The van der Waals surface area contributed by atoms with Gasteiger partial charge in [0.2, 0.25) is 0 Å². The van der Waals surface area contributed by atoms with Gasteiger partial charge in [0.05, 0.1) is 0 Å². The van der Waals surface area contributed by atoms with Crippen molar-refractivity contribution in [1.29, 1.82) is 0 Å². The van der Waals surface area contributed by atoms with Crippen LogP contribution >= 0.6 is 0 Å². The summed E-state index contributed by atoms with van der Waals surface area (Å²) in [5.41, 5.74) is 14.6. The van der Waals surface area contributed by atoms with Gasteiger partial charge in [0.1, 0.15) is 0 Å². The van der Waals surface area contributed by atoms with Gasteiger partial charge in [-0.1, -0.05) is 6.58 Å². The summed E-state index contributed by atoms with van der Waals surface area (Å²) in [4.78, 5) is 21.1. The van der Waals surface area contributed by atoms with E-state index in [4.69, 9.17) is 5.73 Å². The van der Waals surface area contributed by atoms with Gasteiger partial charge in [0.15, 0.2) is 0 Å². The Morgan fingerprint density at radius 3 is 2.45 bits per heavy atom. The smallest absolute Gasteiger partial charge is 0.251 e. The number of rotatable bonds is 8. The summed E-state index contributed by atoms with van der Waals surface area (Å²) >= 11 is 0. The second-order valence-corrected chi connectivity index (χ2v) is 11.5. The number of likely N-dealkylation sites (N-methyl/N-ethyl adjacent to an activating group) is 1. The third-order valence-corrected chi connectivity index (χ3v) is 8.57. The zero-order valence-corrected chi connectivity index (χ0v) is 24.2. The maximum Gasteiger partial charge on any atom is 0.251 e. The van der Waals surface area contributed by atoms with Crippen molar-refractivity contribution in [2.45, 2.75) is 72.0 Å². The molecule has 1 amide bonds. The number of benzene rings is 1. The van der Waals surface area contributed by atoms with Crippen molar-refractivity contribution >= 4 is 11.6 Å². The highest BCUT2D eigenvalue weighted by molar-refractivity contribution is 5.97. The van der Waals surface area contributed by atoms with Crippen LogP contribution in [0.25, 0.3) is 0 Å². The number of piperazine rings is 1. The van der Waals surface area contributed by atoms with Crippen LogP contribution in [-0.2, 0) is 6.54 Å². The highest BCUT2D eigenvalue weighted by Crippen LogP contribution is 2.32. The zero-order chi connectivity index (χ0) is 27.4. The second kappa shape index (κ2) is 12.5. The predicted molar refractivity (Wildman–Crippen MR) is 158 cm³/mol. The summed E-state index contributed by atoms with van der Waals surface area (Å²) < 4.78 is 0. The van der Waals surface area contributed by atoms with E-state index in [9.17, 15) is 4.79 Å². The maximum absolute atomic E-state index is 13.7. The van der Waals surface area contributed by atoms with Crippen LogP contribution in [0.5, 0.6) is 0 Å². The number of carbonyl (C=O) groups is 1. The molecule has 4 rings (SSSR count). The summed E-state index contributed by atoms with van der Waals surface area (Å²) in [7, 11) is 2.18. The molecule has 1 aromatic rings. The minimum Gasteiger partial charge on any atom is -0.369 e. The quantitative estimate of drug-likeness (QED) is 0.483. The number of carbonyl (C=O) groups excluding carboxylic acids is 1. The average molecular weight is 521 g/mol. The number of hydrogen-bond acceptors (Lipinski definition) is 6. The van der Waals surface area contributed by atoms with Crippen molar-refractivity contribution < 1.29 is 4.79 Å². The molecule has 0 bridgehead atoms. The van der Waals surface area contributed by atoms with Crippen molar-refractivity contribution in [2.75, 3.05) is 51.2 Å². The van der Waals surface area contributed by atoms with E-state index in [-0.39, 0.29) is 5.91 Å². The Bertz CT molecular complexity index is 1090. The van der Waals surface area contributed by atoms with Crippen molar-refractivity contribution in [2.24, 2.45) is 5.73 Å². The van der Waals surface area contributed by atoms with Gasteiger partial charge in [-0.3, -0.25) is 9.69 Å². The molecule has 0 atom stereocenters. The summed E-state index contributed by atoms with van der Waals surface area (Å²) in [6.07, 6.45) is 6.44. The van der Waals surface area contributed by atoms with Crippen LogP contribution in [0, 0.1) is 6.92 Å². The number of nitrogens with zero attached hydrogens (tertiary/aromatic N) is 3. The molecule has 1 saturated heterocycles.